The summed E-state index contributed by atoms with van der Waals surface area (Å²) in [7, 11) is 0. The largest absolute Gasteiger partial charge is 0.364 e. The predicted molar refractivity (Wildman–Crippen MR) is 98.1 cm³/mol. The van der Waals surface area contributed by atoms with Crippen molar-refractivity contribution in [2.45, 2.75) is 38.6 Å². The zero-order valence-electron chi connectivity index (χ0n) is 14.4. The van der Waals surface area contributed by atoms with Gasteiger partial charge in [-0.3, -0.25) is 14.9 Å². The Morgan fingerprint density at radius 2 is 2.08 bits per heavy atom. The van der Waals surface area contributed by atoms with Gasteiger partial charge in [0.2, 0.25) is 11.8 Å². The third-order valence-corrected chi connectivity index (χ3v) is 4.59. The van der Waals surface area contributed by atoms with Gasteiger partial charge in [0.1, 0.15) is 6.20 Å². The molecule has 0 unspecified atom stereocenters. The maximum atomic E-state index is 11.7. The Morgan fingerprint density at radius 3 is 2.81 bits per heavy atom. The van der Waals surface area contributed by atoms with E-state index in [1.54, 1.807) is 18.3 Å². The number of aromatic nitrogens is 3. The number of hydrogen-bond donors (Lipinski definition) is 3. The standard InChI is InChI=1S/C17H22N6O3/c24-16-13(7-4-8-18-16)10-20-17-21-11-14(23(25)26)15(22-17)19-9-12-5-2-1-3-6-12/h4,7-8,11-12H,1-3,5-6,9-10H2,(H,18,24)(H2,19,20,21,22). The maximum Gasteiger partial charge on any atom is 0.329 e. The third-order valence-electron chi connectivity index (χ3n) is 4.59. The summed E-state index contributed by atoms with van der Waals surface area (Å²) in [6, 6.07) is 3.42. The van der Waals surface area contributed by atoms with Crippen molar-refractivity contribution in [3.63, 3.8) is 0 Å². The lowest BCUT2D eigenvalue weighted by Crippen LogP contribution is -2.19. The van der Waals surface area contributed by atoms with Gasteiger partial charge in [-0.15, -0.1) is 0 Å². The van der Waals surface area contributed by atoms with E-state index in [2.05, 4.69) is 25.6 Å². The maximum absolute atomic E-state index is 11.7. The van der Waals surface area contributed by atoms with E-state index in [1.165, 1.54) is 25.5 Å². The highest BCUT2D eigenvalue weighted by atomic mass is 16.6. The van der Waals surface area contributed by atoms with Crippen molar-refractivity contribution >= 4 is 17.5 Å². The fourth-order valence-corrected chi connectivity index (χ4v) is 3.13. The molecule has 0 aliphatic heterocycles. The summed E-state index contributed by atoms with van der Waals surface area (Å²) in [5.41, 5.74) is 0.188. The van der Waals surface area contributed by atoms with Crippen LogP contribution in [-0.4, -0.2) is 26.4 Å². The van der Waals surface area contributed by atoms with E-state index in [0.29, 0.717) is 18.0 Å². The van der Waals surface area contributed by atoms with E-state index < -0.39 is 4.92 Å². The SMILES string of the molecule is O=c1[nH]cccc1CNc1ncc([N+](=O)[O-])c(NCC2CCCCC2)n1. The van der Waals surface area contributed by atoms with Gasteiger partial charge in [0.05, 0.1) is 4.92 Å². The Morgan fingerprint density at radius 1 is 1.27 bits per heavy atom. The number of hydrogen-bond acceptors (Lipinski definition) is 7. The molecule has 138 valence electrons. The minimum Gasteiger partial charge on any atom is -0.364 e. The Hall–Kier alpha value is -2.97. The molecule has 0 aromatic carbocycles. The molecule has 0 atom stereocenters. The molecule has 1 aliphatic rings. The number of anilines is 2. The normalized spacial score (nSPS) is 14.8. The molecule has 2 aromatic heterocycles. The van der Waals surface area contributed by atoms with E-state index in [0.717, 1.165) is 12.8 Å². The summed E-state index contributed by atoms with van der Waals surface area (Å²) in [5, 5.41) is 17.3. The zero-order valence-corrected chi connectivity index (χ0v) is 14.4. The summed E-state index contributed by atoms with van der Waals surface area (Å²) in [4.78, 5) is 33.2. The molecule has 0 radical (unpaired) electrons. The van der Waals surface area contributed by atoms with E-state index in [9.17, 15) is 14.9 Å². The first-order chi connectivity index (χ1) is 12.6. The molecular weight excluding hydrogens is 336 g/mol. The molecule has 9 nitrogen and oxygen atoms in total. The fraction of sp³-hybridized carbons (Fsp3) is 0.471. The first-order valence-corrected chi connectivity index (χ1v) is 8.79. The molecule has 0 saturated heterocycles. The molecule has 26 heavy (non-hydrogen) atoms. The molecule has 9 heteroatoms. The number of nitro groups is 1. The van der Waals surface area contributed by atoms with Crippen molar-refractivity contribution in [2.75, 3.05) is 17.2 Å². The summed E-state index contributed by atoms with van der Waals surface area (Å²) < 4.78 is 0. The van der Waals surface area contributed by atoms with Gasteiger partial charge in [0, 0.05) is 24.8 Å². The van der Waals surface area contributed by atoms with Gasteiger partial charge in [0.15, 0.2) is 0 Å². The van der Waals surface area contributed by atoms with Crippen LogP contribution >= 0.6 is 0 Å². The molecule has 3 N–H and O–H groups in total. The van der Waals surface area contributed by atoms with Crippen LogP contribution in [0.1, 0.15) is 37.7 Å². The van der Waals surface area contributed by atoms with Gasteiger partial charge >= 0.3 is 5.69 Å². The highest BCUT2D eigenvalue weighted by Crippen LogP contribution is 2.26. The molecule has 3 rings (SSSR count). The van der Waals surface area contributed by atoms with Crippen molar-refractivity contribution in [1.29, 1.82) is 0 Å². The van der Waals surface area contributed by atoms with Crippen molar-refractivity contribution < 1.29 is 4.92 Å². The van der Waals surface area contributed by atoms with Gasteiger partial charge in [-0.2, -0.15) is 4.98 Å². The lowest BCUT2D eigenvalue weighted by atomic mass is 9.89. The van der Waals surface area contributed by atoms with Gasteiger partial charge in [-0.1, -0.05) is 25.3 Å². The van der Waals surface area contributed by atoms with E-state index in [4.69, 9.17) is 0 Å². The predicted octanol–water partition coefficient (Wildman–Crippen LogP) is 2.68. The second kappa shape index (κ2) is 8.41. The van der Waals surface area contributed by atoms with Gasteiger partial charge < -0.3 is 15.6 Å². The van der Waals surface area contributed by atoms with Crippen LogP contribution in [0.5, 0.6) is 0 Å². The Labute approximate surface area is 150 Å². The summed E-state index contributed by atoms with van der Waals surface area (Å²) in [6.45, 7) is 0.895. The van der Waals surface area contributed by atoms with Crippen LogP contribution in [0.4, 0.5) is 17.5 Å². The average Bonchev–Trinajstić information content (AvgIpc) is 2.66. The number of nitrogens with one attached hydrogen (secondary N) is 3. The lowest BCUT2D eigenvalue weighted by Gasteiger charge is -2.21. The van der Waals surface area contributed by atoms with Crippen LogP contribution in [0.25, 0.3) is 0 Å². The number of rotatable bonds is 7. The summed E-state index contributed by atoms with van der Waals surface area (Å²) in [6.07, 6.45) is 8.68. The number of pyridine rings is 1. The first kappa shape index (κ1) is 17.8. The van der Waals surface area contributed by atoms with Gasteiger partial charge in [-0.25, -0.2) is 4.98 Å². The van der Waals surface area contributed by atoms with Crippen molar-refractivity contribution in [1.82, 2.24) is 15.0 Å². The first-order valence-electron chi connectivity index (χ1n) is 8.79. The van der Waals surface area contributed by atoms with Gasteiger partial charge in [-0.05, 0) is 24.8 Å². The van der Waals surface area contributed by atoms with Crippen molar-refractivity contribution in [2.24, 2.45) is 5.92 Å². The summed E-state index contributed by atoms with van der Waals surface area (Å²) >= 11 is 0. The quantitative estimate of drug-likeness (QED) is 0.513. The molecule has 1 fully saturated rings. The van der Waals surface area contributed by atoms with Crippen molar-refractivity contribution in [3.8, 4) is 0 Å². The molecule has 0 spiro atoms. The Kier molecular flexibility index (Phi) is 5.77. The van der Waals surface area contributed by atoms with Crippen LogP contribution < -0.4 is 16.2 Å². The van der Waals surface area contributed by atoms with E-state index >= 15 is 0 Å². The molecule has 0 bridgehead atoms. The average molecular weight is 358 g/mol. The highest BCUT2D eigenvalue weighted by Gasteiger charge is 2.19. The molecule has 2 heterocycles. The highest BCUT2D eigenvalue weighted by molar-refractivity contribution is 5.57. The van der Waals surface area contributed by atoms with Crippen LogP contribution in [-0.2, 0) is 6.54 Å². The topological polar surface area (TPSA) is 126 Å². The smallest absolute Gasteiger partial charge is 0.329 e. The summed E-state index contributed by atoms with van der Waals surface area (Å²) in [5.74, 6) is 0.961. The van der Waals surface area contributed by atoms with Crippen LogP contribution in [0.2, 0.25) is 0 Å². The second-order valence-electron chi connectivity index (χ2n) is 6.45. The molecule has 1 aliphatic carbocycles. The lowest BCUT2D eigenvalue weighted by molar-refractivity contribution is -0.384. The van der Waals surface area contributed by atoms with E-state index in [-0.39, 0.29) is 29.6 Å². The van der Waals surface area contributed by atoms with E-state index in [1.807, 2.05) is 0 Å². The zero-order chi connectivity index (χ0) is 18.4. The Bertz CT molecular complexity index is 816. The number of nitrogens with zero attached hydrogens (tertiary/aromatic N) is 3. The van der Waals surface area contributed by atoms with Crippen LogP contribution in [0, 0.1) is 16.0 Å². The Balaban J connectivity index is 1.69. The third kappa shape index (κ3) is 4.56. The molecule has 0 amide bonds. The monoisotopic (exact) mass is 358 g/mol. The second-order valence-corrected chi connectivity index (χ2v) is 6.45. The molecule has 1 saturated carbocycles. The molecule has 2 aromatic rings. The minimum absolute atomic E-state index is 0.149. The number of aromatic amines is 1. The number of H-pyrrole nitrogens is 1. The van der Waals surface area contributed by atoms with Crippen LogP contribution in [0.15, 0.2) is 29.3 Å². The fourth-order valence-electron chi connectivity index (χ4n) is 3.13. The van der Waals surface area contributed by atoms with Gasteiger partial charge in [0.25, 0.3) is 5.56 Å². The van der Waals surface area contributed by atoms with Crippen molar-refractivity contribution in [3.05, 3.63) is 50.6 Å². The minimum atomic E-state index is -0.491. The molecular formula is C17H22N6O3. The van der Waals surface area contributed by atoms with Crippen LogP contribution in [0.3, 0.4) is 0 Å².